The van der Waals surface area contributed by atoms with Crippen molar-refractivity contribution < 1.29 is 8.42 Å². The molecule has 0 aromatic carbocycles. The Morgan fingerprint density at radius 1 is 1.43 bits per heavy atom. The van der Waals surface area contributed by atoms with Crippen molar-refractivity contribution in [2.75, 3.05) is 0 Å². The molecule has 2 rings (SSSR count). The molecule has 1 saturated carbocycles. The lowest BCUT2D eigenvalue weighted by atomic mass is 10.2. The molecule has 5 nitrogen and oxygen atoms in total. The zero-order valence-corrected chi connectivity index (χ0v) is 8.57. The van der Waals surface area contributed by atoms with Crippen LogP contribution in [0.15, 0.2) is 17.6 Å². The molecular formula is C8H13N3O2S. The topological polar surface area (TPSA) is 78.0 Å². The van der Waals surface area contributed by atoms with Crippen molar-refractivity contribution in [3.8, 4) is 0 Å². The summed E-state index contributed by atoms with van der Waals surface area (Å²) in [7, 11) is -3.64. The Labute approximate surface area is 83.0 Å². The number of primary sulfonamides is 1. The van der Waals surface area contributed by atoms with Gasteiger partial charge in [-0.1, -0.05) is 12.8 Å². The second-order valence-corrected chi connectivity index (χ2v) is 5.15. The molecule has 0 spiro atoms. The Balaban J connectivity index is 2.25. The van der Waals surface area contributed by atoms with Crippen LogP contribution in [0.1, 0.15) is 31.7 Å². The summed E-state index contributed by atoms with van der Waals surface area (Å²) in [4.78, 5) is 3.78. The quantitative estimate of drug-likeness (QED) is 0.786. The fourth-order valence-electron chi connectivity index (χ4n) is 1.87. The lowest BCUT2D eigenvalue weighted by molar-refractivity contribution is 0.517. The Bertz CT molecular complexity index is 418. The molecule has 6 heteroatoms. The molecule has 1 heterocycles. The molecule has 0 radical (unpaired) electrons. The van der Waals surface area contributed by atoms with Gasteiger partial charge in [-0.25, -0.2) is 18.5 Å². The average Bonchev–Trinajstić information content (AvgIpc) is 2.73. The van der Waals surface area contributed by atoms with Gasteiger partial charge in [0.15, 0.2) is 5.03 Å². The summed E-state index contributed by atoms with van der Waals surface area (Å²) < 4.78 is 23.8. The van der Waals surface area contributed by atoms with Crippen LogP contribution in [-0.2, 0) is 10.0 Å². The van der Waals surface area contributed by atoms with E-state index in [4.69, 9.17) is 5.14 Å². The Kier molecular flexibility index (Phi) is 2.32. The van der Waals surface area contributed by atoms with Crippen molar-refractivity contribution in [2.24, 2.45) is 5.14 Å². The molecule has 0 saturated heterocycles. The summed E-state index contributed by atoms with van der Waals surface area (Å²) in [5.41, 5.74) is 0. The smallest absolute Gasteiger partial charge is 0.257 e. The Morgan fingerprint density at radius 3 is 2.57 bits per heavy atom. The predicted octanol–water partition coefficient (Wildman–Crippen LogP) is 0.646. The first kappa shape index (κ1) is 9.67. The number of nitrogens with zero attached hydrogens (tertiary/aromatic N) is 2. The first-order valence-corrected chi connectivity index (χ1v) is 6.18. The van der Waals surface area contributed by atoms with E-state index in [0.29, 0.717) is 6.04 Å². The molecule has 0 atom stereocenters. The van der Waals surface area contributed by atoms with Gasteiger partial charge in [0.05, 0.1) is 6.33 Å². The van der Waals surface area contributed by atoms with Gasteiger partial charge in [-0.15, -0.1) is 0 Å². The third-order valence-corrected chi connectivity index (χ3v) is 3.41. The zero-order chi connectivity index (χ0) is 10.2. The molecule has 1 aromatic heterocycles. The van der Waals surface area contributed by atoms with E-state index >= 15 is 0 Å². The summed E-state index contributed by atoms with van der Waals surface area (Å²) in [6.45, 7) is 0. The average molecular weight is 215 g/mol. The van der Waals surface area contributed by atoms with Crippen molar-refractivity contribution >= 4 is 10.0 Å². The number of imidazole rings is 1. The van der Waals surface area contributed by atoms with Gasteiger partial charge < -0.3 is 4.57 Å². The van der Waals surface area contributed by atoms with E-state index in [1.807, 2.05) is 4.57 Å². The van der Waals surface area contributed by atoms with Crippen molar-refractivity contribution in [2.45, 2.75) is 36.8 Å². The normalized spacial score (nSPS) is 18.9. The molecule has 1 fully saturated rings. The van der Waals surface area contributed by atoms with Gasteiger partial charge in [0.2, 0.25) is 0 Å². The molecule has 1 aromatic rings. The maximum atomic E-state index is 11.0. The van der Waals surface area contributed by atoms with E-state index in [0.717, 1.165) is 12.8 Å². The summed E-state index contributed by atoms with van der Waals surface area (Å²) in [6.07, 6.45) is 7.67. The number of nitrogens with two attached hydrogens (primary N) is 1. The van der Waals surface area contributed by atoms with Crippen molar-refractivity contribution in [3.05, 3.63) is 12.5 Å². The van der Waals surface area contributed by atoms with E-state index in [1.165, 1.54) is 19.0 Å². The van der Waals surface area contributed by atoms with Gasteiger partial charge in [0, 0.05) is 12.2 Å². The minimum absolute atomic E-state index is 0.0376. The molecule has 14 heavy (non-hydrogen) atoms. The van der Waals surface area contributed by atoms with E-state index in [1.54, 1.807) is 6.33 Å². The van der Waals surface area contributed by atoms with E-state index in [-0.39, 0.29) is 5.03 Å². The predicted molar refractivity (Wildman–Crippen MR) is 51.1 cm³/mol. The van der Waals surface area contributed by atoms with Crippen LogP contribution in [0, 0.1) is 0 Å². The van der Waals surface area contributed by atoms with Crippen LogP contribution in [-0.4, -0.2) is 18.0 Å². The maximum absolute atomic E-state index is 11.0. The maximum Gasteiger partial charge on any atom is 0.257 e. The van der Waals surface area contributed by atoms with Gasteiger partial charge >= 0.3 is 0 Å². The van der Waals surface area contributed by atoms with Crippen molar-refractivity contribution in [1.29, 1.82) is 0 Å². The molecule has 1 aliphatic carbocycles. The third-order valence-electron chi connectivity index (χ3n) is 2.62. The minimum atomic E-state index is -3.64. The molecule has 0 amide bonds. The molecular weight excluding hydrogens is 202 g/mol. The number of aromatic nitrogens is 2. The molecule has 0 aliphatic heterocycles. The minimum Gasteiger partial charge on any atom is -0.333 e. The highest BCUT2D eigenvalue weighted by Crippen LogP contribution is 2.29. The second-order valence-electron chi connectivity index (χ2n) is 3.64. The number of hydrogen-bond acceptors (Lipinski definition) is 3. The molecule has 2 N–H and O–H groups in total. The van der Waals surface area contributed by atoms with Crippen LogP contribution in [0.3, 0.4) is 0 Å². The van der Waals surface area contributed by atoms with Crippen LogP contribution in [0.5, 0.6) is 0 Å². The van der Waals surface area contributed by atoms with E-state index in [2.05, 4.69) is 4.98 Å². The SMILES string of the molecule is NS(=O)(=O)c1cn(C2CCCC2)cn1. The van der Waals surface area contributed by atoms with Gasteiger partial charge in [-0.2, -0.15) is 0 Å². The van der Waals surface area contributed by atoms with Gasteiger partial charge in [0.1, 0.15) is 0 Å². The monoisotopic (exact) mass is 215 g/mol. The van der Waals surface area contributed by atoms with Crippen LogP contribution >= 0.6 is 0 Å². The fraction of sp³-hybridized carbons (Fsp3) is 0.625. The summed E-state index contributed by atoms with van der Waals surface area (Å²) in [6, 6.07) is 0.401. The van der Waals surface area contributed by atoms with Crippen LogP contribution in [0.2, 0.25) is 0 Å². The van der Waals surface area contributed by atoms with Crippen molar-refractivity contribution in [3.63, 3.8) is 0 Å². The lowest BCUT2D eigenvalue weighted by Gasteiger charge is -2.08. The highest BCUT2D eigenvalue weighted by molar-refractivity contribution is 7.89. The second kappa shape index (κ2) is 3.36. The Hall–Kier alpha value is -0.880. The summed E-state index contributed by atoms with van der Waals surface area (Å²) in [5, 5.41) is 4.93. The Morgan fingerprint density at radius 2 is 2.07 bits per heavy atom. The van der Waals surface area contributed by atoms with Crippen LogP contribution in [0.4, 0.5) is 0 Å². The number of sulfonamides is 1. The first-order chi connectivity index (χ1) is 6.57. The zero-order valence-electron chi connectivity index (χ0n) is 7.76. The van der Waals surface area contributed by atoms with E-state index in [9.17, 15) is 8.42 Å². The highest BCUT2D eigenvalue weighted by atomic mass is 32.2. The first-order valence-electron chi connectivity index (χ1n) is 4.63. The third kappa shape index (κ3) is 1.80. The largest absolute Gasteiger partial charge is 0.333 e. The van der Waals surface area contributed by atoms with Gasteiger partial charge in [-0.05, 0) is 12.8 Å². The molecule has 0 bridgehead atoms. The summed E-state index contributed by atoms with van der Waals surface area (Å²) in [5.74, 6) is 0. The highest BCUT2D eigenvalue weighted by Gasteiger charge is 2.19. The number of hydrogen-bond donors (Lipinski definition) is 1. The fourth-order valence-corrected chi connectivity index (χ4v) is 2.33. The molecule has 0 unspecified atom stereocenters. The molecule has 1 aliphatic rings. The van der Waals surface area contributed by atoms with Crippen LogP contribution in [0.25, 0.3) is 0 Å². The standard InChI is InChI=1S/C8H13N3O2S/c9-14(12,13)8-5-11(6-10-8)7-3-1-2-4-7/h5-7H,1-4H2,(H2,9,12,13). The van der Waals surface area contributed by atoms with Crippen molar-refractivity contribution in [1.82, 2.24) is 9.55 Å². The van der Waals surface area contributed by atoms with E-state index < -0.39 is 10.0 Å². The number of rotatable bonds is 2. The van der Waals surface area contributed by atoms with Gasteiger partial charge in [0.25, 0.3) is 10.0 Å². The summed E-state index contributed by atoms with van der Waals surface area (Å²) >= 11 is 0. The van der Waals surface area contributed by atoms with Gasteiger partial charge in [-0.3, -0.25) is 0 Å². The van der Waals surface area contributed by atoms with Crippen LogP contribution < -0.4 is 5.14 Å². The lowest BCUT2D eigenvalue weighted by Crippen LogP contribution is -2.12. The molecule has 78 valence electrons.